The summed E-state index contributed by atoms with van der Waals surface area (Å²) in [4.78, 5) is 20.8. The number of hydrogen-bond donors (Lipinski definition) is 8. The Labute approximate surface area is 186 Å². The molecule has 2 amide bonds. The van der Waals surface area contributed by atoms with E-state index in [1.807, 2.05) is 24.3 Å². The minimum absolute atomic E-state index is 0.183. The zero-order valence-corrected chi connectivity index (χ0v) is 17.7. The third-order valence-corrected chi connectivity index (χ3v) is 4.79. The van der Waals surface area contributed by atoms with E-state index in [2.05, 4.69) is 21.3 Å². The maximum atomic E-state index is 10.4. The number of aryl methyl sites for hydroxylation is 2. The van der Waals surface area contributed by atoms with E-state index in [1.165, 1.54) is 0 Å². The second-order valence-corrected chi connectivity index (χ2v) is 7.24. The lowest BCUT2D eigenvalue weighted by Crippen LogP contribution is -2.30. The number of carbonyl (C=O) groups is 2. The van der Waals surface area contributed by atoms with Gasteiger partial charge in [0, 0.05) is 50.4 Å². The van der Waals surface area contributed by atoms with Crippen molar-refractivity contribution in [2.24, 2.45) is 0 Å². The Kier molecular flexibility index (Phi) is 10.1. The van der Waals surface area contributed by atoms with E-state index in [0.29, 0.717) is 39.0 Å². The molecule has 0 unspecified atom stereocenters. The fourth-order valence-electron chi connectivity index (χ4n) is 3.08. The van der Waals surface area contributed by atoms with Gasteiger partial charge in [0.05, 0.1) is 0 Å². The number of nitrogens with one attached hydrogen (secondary N) is 4. The van der Waals surface area contributed by atoms with E-state index in [0.717, 1.165) is 22.3 Å². The van der Waals surface area contributed by atoms with Gasteiger partial charge in [0.1, 0.15) is 11.5 Å². The van der Waals surface area contributed by atoms with Crippen molar-refractivity contribution in [2.75, 3.05) is 26.2 Å². The van der Waals surface area contributed by atoms with Crippen LogP contribution in [0.25, 0.3) is 0 Å². The van der Waals surface area contributed by atoms with Crippen molar-refractivity contribution < 1.29 is 30.0 Å². The highest BCUT2D eigenvalue weighted by molar-refractivity contribution is 5.64. The second-order valence-electron chi connectivity index (χ2n) is 7.24. The van der Waals surface area contributed by atoms with Crippen molar-refractivity contribution in [2.45, 2.75) is 25.9 Å². The molecule has 2 aromatic carbocycles. The van der Waals surface area contributed by atoms with E-state index in [1.54, 1.807) is 12.1 Å². The number of phenolic OH excluding ortho intramolecular Hbond substituents is 2. The highest BCUT2D eigenvalue weighted by atomic mass is 16.4. The minimum Gasteiger partial charge on any atom is -0.508 e. The van der Waals surface area contributed by atoms with E-state index >= 15 is 0 Å². The van der Waals surface area contributed by atoms with Gasteiger partial charge in [-0.1, -0.05) is 24.3 Å². The number of hydrogen-bond acceptors (Lipinski definition) is 6. The number of benzene rings is 2. The van der Waals surface area contributed by atoms with Crippen molar-refractivity contribution >= 4 is 12.2 Å². The van der Waals surface area contributed by atoms with Gasteiger partial charge in [-0.3, -0.25) is 0 Å². The number of amides is 2. The molecule has 32 heavy (non-hydrogen) atoms. The third kappa shape index (κ3) is 9.11. The molecule has 0 spiro atoms. The summed E-state index contributed by atoms with van der Waals surface area (Å²) < 4.78 is 0. The van der Waals surface area contributed by atoms with Gasteiger partial charge in [0.2, 0.25) is 0 Å². The monoisotopic (exact) mass is 446 g/mol. The molecule has 0 aliphatic rings. The zero-order valence-electron chi connectivity index (χ0n) is 17.7. The van der Waals surface area contributed by atoms with Crippen LogP contribution in [0, 0.1) is 0 Å². The van der Waals surface area contributed by atoms with E-state index in [4.69, 9.17) is 10.2 Å². The fourth-order valence-corrected chi connectivity index (χ4v) is 3.08. The summed E-state index contributed by atoms with van der Waals surface area (Å²) in [7, 11) is 0. The lowest BCUT2D eigenvalue weighted by atomic mass is 10.0. The summed E-state index contributed by atoms with van der Waals surface area (Å²) >= 11 is 0. The molecule has 0 saturated heterocycles. The standard InChI is InChI=1S/C22H30N4O6/c27-19-11-15(3-5-17(19)13-23-7-9-25-21(29)30)1-2-16-4-6-18(20(28)12-16)14-24-8-10-26-22(31)32/h3-6,11-12,23-28H,1-2,7-10,13-14H2,(H,29,30)(H,31,32). The molecule has 2 rings (SSSR count). The lowest BCUT2D eigenvalue weighted by molar-refractivity contribution is 0.193. The van der Waals surface area contributed by atoms with Gasteiger partial charge in [-0.15, -0.1) is 0 Å². The molecule has 0 aromatic heterocycles. The lowest BCUT2D eigenvalue weighted by Gasteiger charge is -2.11. The van der Waals surface area contributed by atoms with Crippen molar-refractivity contribution in [1.29, 1.82) is 0 Å². The Morgan fingerprint density at radius 3 is 1.41 bits per heavy atom. The molecule has 10 heteroatoms. The van der Waals surface area contributed by atoms with Crippen molar-refractivity contribution in [3.63, 3.8) is 0 Å². The number of rotatable bonds is 13. The van der Waals surface area contributed by atoms with Gasteiger partial charge in [-0.25, -0.2) is 9.59 Å². The predicted octanol–water partition coefficient (Wildman–Crippen LogP) is 1.60. The molecular formula is C22H30N4O6. The van der Waals surface area contributed by atoms with Crippen LogP contribution in [-0.2, 0) is 25.9 Å². The largest absolute Gasteiger partial charge is 0.508 e. The van der Waals surface area contributed by atoms with Gasteiger partial charge < -0.3 is 41.7 Å². The molecule has 0 fully saturated rings. The first-order chi connectivity index (χ1) is 15.3. The number of carboxylic acid groups (broad SMARTS) is 2. The van der Waals surface area contributed by atoms with Crippen LogP contribution in [0.3, 0.4) is 0 Å². The maximum Gasteiger partial charge on any atom is 0.404 e. The summed E-state index contributed by atoms with van der Waals surface area (Å²) in [6.45, 7) is 2.37. The van der Waals surface area contributed by atoms with E-state index in [-0.39, 0.29) is 24.6 Å². The van der Waals surface area contributed by atoms with Crippen LogP contribution in [0.15, 0.2) is 36.4 Å². The van der Waals surface area contributed by atoms with Crippen LogP contribution in [0.4, 0.5) is 9.59 Å². The highest BCUT2D eigenvalue weighted by Crippen LogP contribution is 2.22. The van der Waals surface area contributed by atoms with Gasteiger partial charge in [-0.05, 0) is 36.1 Å². The Hall–Kier alpha value is -3.50. The van der Waals surface area contributed by atoms with Crippen LogP contribution in [0.2, 0.25) is 0 Å². The normalized spacial score (nSPS) is 10.6. The van der Waals surface area contributed by atoms with Crippen molar-refractivity contribution in [1.82, 2.24) is 21.3 Å². The Morgan fingerprint density at radius 1 is 0.656 bits per heavy atom. The van der Waals surface area contributed by atoms with Gasteiger partial charge in [0.25, 0.3) is 0 Å². The van der Waals surface area contributed by atoms with Crippen LogP contribution >= 0.6 is 0 Å². The van der Waals surface area contributed by atoms with Crippen LogP contribution in [0.5, 0.6) is 11.5 Å². The van der Waals surface area contributed by atoms with Gasteiger partial charge >= 0.3 is 12.2 Å². The molecule has 0 heterocycles. The third-order valence-electron chi connectivity index (χ3n) is 4.79. The van der Waals surface area contributed by atoms with E-state index in [9.17, 15) is 19.8 Å². The molecule has 10 nitrogen and oxygen atoms in total. The first-order valence-corrected chi connectivity index (χ1v) is 10.3. The topological polar surface area (TPSA) is 163 Å². The predicted molar refractivity (Wildman–Crippen MR) is 119 cm³/mol. The molecule has 0 radical (unpaired) electrons. The highest BCUT2D eigenvalue weighted by Gasteiger charge is 2.06. The molecule has 0 saturated carbocycles. The quantitative estimate of drug-likeness (QED) is 0.215. The molecule has 2 aromatic rings. The average Bonchev–Trinajstić information content (AvgIpc) is 2.73. The molecule has 0 atom stereocenters. The summed E-state index contributed by atoms with van der Waals surface area (Å²) in [6.07, 6.45) is -0.739. The Morgan fingerprint density at radius 2 is 1.06 bits per heavy atom. The van der Waals surface area contributed by atoms with Gasteiger partial charge in [-0.2, -0.15) is 0 Å². The smallest absolute Gasteiger partial charge is 0.404 e. The van der Waals surface area contributed by atoms with Crippen molar-refractivity contribution in [3.8, 4) is 11.5 Å². The number of aromatic hydroxyl groups is 2. The average molecular weight is 447 g/mol. The molecule has 174 valence electrons. The van der Waals surface area contributed by atoms with Crippen LogP contribution in [-0.4, -0.2) is 58.8 Å². The first-order valence-electron chi connectivity index (χ1n) is 10.3. The molecule has 0 bridgehead atoms. The Bertz CT molecular complexity index is 832. The summed E-state index contributed by atoms with van der Waals surface area (Å²) in [5, 5.41) is 48.2. The number of phenols is 2. The fraction of sp³-hybridized carbons (Fsp3) is 0.364. The summed E-state index contributed by atoms with van der Waals surface area (Å²) in [5.74, 6) is 0.366. The first kappa shape index (κ1) is 24.8. The zero-order chi connectivity index (χ0) is 23.3. The molecular weight excluding hydrogens is 416 g/mol. The SMILES string of the molecule is O=C(O)NCCNCc1ccc(CCc2ccc(CNCCNC(=O)O)c(O)c2)cc1O. The van der Waals surface area contributed by atoms with Gasteiger partial charge in [0.15, 0.2) is 0 Å². The van der Waals surface area contributed by atoms with Crippen molar-refractivity contribution in [3.05, 3.63) is 58.7 Å². The van der Waals surface area contributed by atoms with Crippen LogP contribution < -0.4 is 21.3 Å². The Balaban J connectivity index is 1.77. The van der Waals surface area contributed by atoms with Crippen LogP contribution in [0.1, 0.15) is 22.3 Å². The molecule has 8 N–H and O–H groups in total. The molecule has 0 aliphatic carbocycles. The summed E-state index contributed by atoms with van der Waals surface area (Å²) in [5.41, 5.74) is 3.40. The summed E-state index contributed by atoms with van der Waals surface area (Å²) in [6, 6.07) is 11.0. The molecule has 0 aliphatic heterocycles. The van der Waals surface area contributed by atoms with E-state index < -0.39 is 12.2 Å². The maximum absolute atomic E-state index is 10.4. The second kappa shape index (κ2) is 13.0. The minimum atomic E-state index is -1.07.